The van der Waals surface area contributed by atoms with E-state index in [-0.39, 0.29) is 31.4 Å². The average molecular weight is 321 g/mol. The molecule has 1 saturated heterocycles. The molecule has 1 aliphatic heterocycles. The van der Waals surface area contributed by atoms with Gasteiger partial charge in [-0.2, -0.15) is 0 Å². The molecule has 126 valence electrons. The zero-order valence-electron chi connectivity index (χ0n) is 13.2. The Labute approximate surface area is 135 Å². The highest BCUT2D eigenvalue weighted by atomic mass is 16.5. The van der Waals surface area contributed by atoms with Crippen molar-refractivity contribution in [2.75, 3.05) is 33.4 Å². The lowest BCUT2D eigenvalue weighted by Gasteiger charge is -2.35. The van der Waals surface area contributed by atoms with Gasteiger partial charge in [0.2, 0.25) is 11.8 Å². The van der Waals surface area contributed by atoms with E-state index >= 15 is 0 Å². The van der Waals surface area contributed by atoms with E-state index in [1.165, 1.54) is 0 Å². The first-order chi connectivity index (χ1) is 11.2. The Bertz CT molecular complexity index is 550. The standard InChI is InChI=1S/C16H23N3O4/c1-23-14-5-3-2-4-12(14)11-19-8-6-18-16(22)13(19)10-15(21)17-7-9-20/h2-5,13,20H,6-11H2,1H3,(H,17,21)(H,18,22)/t13-/m1/s1. The molecule has 7 nitrogen and oxygen atoms in total. The van der Waals surface area contributed by atoms with Crippen molar-refractivity contribution < 1.29 is 19.4 Å². The quantitative estimate of drug-likeness (QED) is 0.629. The second kappa shape index (κ2) is 8.50. The average Bonchev–Trinajstić information content (AvgIpc) is 2.56. The van der Waals surface area contributed by atoms with Crippen LogP contribution in [0.3, 0.4) is 0 Å². The summed E-state index contributed by atoms with van der Waals surface area (Å²) in [6.07, 6.45) is 0.0704. The van der Waals surface area contributed by atoms with Gasteiger partial charge in [0.05, 0.1) is 26.2 Å². The number of aliphatic hydroxyl groups excluding tert-OH is 1. The van der Waals surface area contributed by atoms with Crippen molar-refractivity contribution in [1.29, 1.82) is 0 Å². The van der Waals surface area contributed by atoms with Crippen LogP contribution in [-0.2, 0) is 16.1 Å². The maximum atomic E-state index is 12.1. The molecule has 1 atom stereocenters. The lowest BCUT2D eigenvalue weighted by molar-refractivity contribution is -0.134. The van der Waals surface area contributed by atoms with Crippen LogP contribution in [0.4, 0.5) is 0 Å². The Morgan fingerprint density at radius 3 is 3.00 bits per heavy atom. The summed E-state index contributed by atoms with van der Waals surface area (Å²) in [5.41, 5.74) is 0.977. The molecule has 3 N–H and O–H groups in total. The van der Waals surface area contributed by atoms with Crippen LogP contribution in [-0.4, -0.2) is 61.2 Å². The number of nitrogens with zero attached hydrogens (tertiary/aromatic N) is 1. The third kappa shape index (κ3) is 4.67. The van der Waals surface area contributed by atoms with E-state index in [1.54, 1.807) is 7.11 Å². The van der Waals surface area contributed by atoms with Crippen molar-refractivity contribution in [2.45, 2.75) is 19.0 Å². The van der Waals surface area contributed by atoms with Gasteiger partial charge >= 0.3 is 0 Å². The summed E-state index contributed by atoms with van der Waals surface area (Å²) in [6, 6.07) is 7.12. The van der Waals surface area contributed by atoms with Gasteiger partial charge in [-0.15, -0.1) is 0 Å². The minimum absolute atomic E-state index is 0.0704. The van der Waals surface area contributed by atoms with Crippen molar-refractivity contribution in [3.05, 3.63) is 29.8 Å². The monoisotopic (exact) mass is 321 g/mol. The van der Waals surface area contributed by atoms with Gasteiger partial charge in [0.1, 0.15) is 5.75 Å². The molecule has 0 radical (unpaired) electrons. The number of hydrogen-bond acceptors (Lipinski definition) is 5. The van der Waals surface area contributed by atoms with Gasteiger partial charge < -0.3 is 20.5 Å². The van der Waals surface area contributed by atoms with E-state index in [4.69, 9.17) is 9.84 Å². The fourth-order valence-electron chi connectivity index (χ4n) is 2.67. The summed E-state index contributed by atoms with van der Waals surface area (Å²) >= 11 is 0. The Morgan fingerprint density at radius 1 is 1.48 bits per heavy atom. The molecule has 0 spiro atoms. The molecule has 0 bridgehead atoms. The van der Waals surface area contributed by atoms with E-state index in [1.807, 2.05) is 29.2 Å². The molecule has 0 saturated carbocycles. The van der Waals surface area contributed by atoms with Crippen LogP contribution in [0.5, 0.6) is 5.75 Å². The molecule has 2 rings (SSSR count). The van der Waals surface area contributed by atoms with Crippen LogP contribution in [0.1, 0.15) is 12.0 Å². The van der Waals surface area contributed by atoms with E-state index < -0.39 is 6.04 Å². The molecule has 1 heterocycles. The van der Waals surface area contributed by atoms with Gasteiger partial charge in [-0.05, 0) is 6.07 Å². The Morgan fingerprint density at radius 2 is 2.26 bits per heavy atom. The van der Waals surface area contributed by atoms with Crippen molar-refractivity contribution in [1.82, 2.24) is 15.5 Å². The van der Waals surface area contributed by atoms with Gasteiger partial charge in [-0.25, -0.2) is 0 Å². The highest BCUT2D eigenvalue weighted by molar-refractivity contribution is 5.88. The number of carbonyl (C=O) groups is 2. The van der Waals surface area contributed by atoms with Crippen molar-refractivity contribution in [3.63, 3.8) is 0 Å². The number of ether oxygens (including phenoxy) is 1. The number of piperazine rings is 1. The summed E-state index contributed by atoms with van der Waals surface area (Å²) in [7, 11) is 1.61. The number of methoxy groups -OCH3 is 1. The predicted octanol–water partition coefficient (Wildman–Crippen LogP) is -0.506. The number of amides is 2. The van der Waals surface area contributed by atoms with Crippen LogP contribution < -0.4 is 15.4 Å². The summed E-state index contributed by atoms with van der Waals surface area (Å²) in [4.78, 5) is 26.0. The number of nitrogens with one attached hydrogen (secondary N) is 2. The Balaban J connectivity index is 2.07. The van der Waals surface area contributed by atoms with Gasteiger partial charge in [-0.1, -0.05) is 18.2 Å². The molecule has 1 aromatic carbocycles. The fraction of sp³-hybridized carbons (Fsp3) is 0.500. The first-order valence-electron chi connectivity index (χ1n) is 7.67. The van der Waals surface area contributed by atoms with Crippen molar-refractivity contribution in [3.8, 4) is 5.75 Å². The lowest BCUT2D eigenvalue weighted by atomic mass is 10.1. The van der Waals surface area contributed by atoms with Crippen LogP contribution in [0.2, 0.25) is 0 Å². The van der Waals surface area contributed by atoms with Crippen LogP contribution in [0, 0.1) is 0 Å². The summed E-state index contributed by atoms with van der Waals surface area (Å²) in [5.74, 6) is 0.374. The fourth-order valence-corrected chi connectivity index (χ4v) is 2.67. The zero-order chi connectivity index (χ0) is 16.7. The van der Waals surface area contributed by atoms with E-state index in [0.717, 1.165) is 11.3 Å². The molecule has 0 aromatic heterocycles. The van der Waals surface area contributed by atoms with Gasteiger partial charge in [0, 0.05) is 31.7 Å². The second-order valence-corrected chi connectivity index (χ2v) is 5.37. The number of rotatable bonds is 7. The maximum Gasteiger partial charge on any atom is 0.237 e. The lowest BCUT2D eigenvalue weighted by Crippen LogP contribution is -2.56. The Kier molecular flexibility index (Phi) is 6.37. The molecule has 1 aromatic rings. The van der Waals surface area contributed by atoms with Gasteiger partial charge in [-0.3, -0.25) is 14.5 Å². The number of hydrogen-bond donors (Lipinski definition) is 3. The van der Waals surface area contributed by atoms with Gasteiger partial charge in [0.15, 0.2) is 0 Å². The van der Waals surface area contributed by atoms with Crippen molar-refractivity contribution in [2.24, 2.45) is 0 Å². The summed E-state index contributed by atoms with van der Waals surface area (Å²) in [6.45, 7) is 1.84. The van der Waals surface area contributed by atoms with E-state index in [0.29, 0.717) is 19.6 Å². The summed E-state index contributed by atoms with van der Waals surface area (Å²) in [5, 5.41) is 14.1. The molecule has 7 heteroatoms. The zero-order valence-corrected chi connectivity index (χ0v) is 13.2. The van der Waals surface area contributed by atoms with Crippen molar-refractivity contribution >= 4 is 11.8 Å². The van der Waals surface area contributed by atoms with Crippen LogP contribution in [0.25, 0.3) is 0 Å². The topological polar surface area (TPSA) is 90.9 Å². The largest absolute Gasteiger partial charge is 0.496 e. The predicted molar refractivity (Wildman–Crippen MR) is 84.9 cm³/mol. The van der Waals surface area contributed by atoms with E-state index in [9.17, 15) is 9.59 Å². The molecule has 1 fully saturated rings. The number of benzene rings is 1. The SMILES string of the molecule is COc1ccccc1CN1CCNC(=O)[C@H]1CC(=O)NCCO. The highest BCUT2D eigenvalue weighted by Gasteiger charge is 2.31. The minimum Gasteiger partial charge on any atom is -0.496 e. The third-order valence-corrected chi connectivity index (χ3v) is 3.82. The second-order valence-electron chi connectivity index (χ2n) is 5.37. The first-order valence-corrected chi connectivity index (χ1v) is 7.67. The number of aliphatic hydroxyl groups is 1. The normalized spacial score (nSPS) is 18.3. The smallest absolute Gasteiger partial charge is 0.237 e. The molecule has 23 heavy (non-hydrogen) atoms. The maximum absolute atomic E-state index is 12.1. The van der Waals surface area contributed by atoms with Gasteiger partial charge in [0.25, 0.3) is 0 Å². The molecule has 0 unspecified atom stereocenters. The summed E-state index contributed by atoms with van der Waals surface area (Å²) < 4.78 is 5.35. The number of carbonyl (C=O) groups excluding carboxylic acids is 2. The van der Waals surface area contributed by atoms with Crippen LogP contribution >= 0.6 is 0 Å². The highest BCUT2D eigenvalue weighted by Crippen LogP contribution is 2.21. The molecular formula is C16H23N3O4. The number of para-hydroxylation sites is 1. The third-order valence-electron chi connectivity index (χ3n) is 3.82. The van der Waals surface area contributed by atoms with Crippen LogP contribution in [0.15, 0.2) is 24.3 Å². The molecular weight excluding hydrogens is 298 g/mol. The minimum atomic E-state index is -0.521. The molecule has 2 amide bonds. The van der Waals surface area contributed by atoms with E-state index in [2.05, 4.69) is 10.6 Å². The molecule has 0 aliphatic carbocycles. The first kappa shape index (κ1) is 17.2. The molecule has 1 aliphatic rings. The Hall–Kier alpha value is -2.12.